The van der Waals surface area contributed by atoms with Gasteiger partial charge >= 0.3 is 0 Å². The smallest absolute Gasteiger partial charge is 0.252 e. The van der Waals surface area contributed by atoms with Crippen molar-refractivity contribution in [3.63, 3.8) is 0 Å². The van der Waals surface area contributed by atoms with E-state index in [2.05, 4.69) is 0 Å². The topological polar surface area (TPSA) is 98.9 Å². The van der Waals surface area contributed by atoms with Gasteiger partial charge in [0.25, 0.3) is 5.91 Å². The molecule has 0 bridgehead atoms. The second-order valence-corrected chi connectivity index (χ2v) is 5.55. The van der Waals surface area contributed by atoms with Crippen molar-refractivity contribution in [1.29, 1.82) is 0 Å². The van der Waals surface area contributed by atoms with E-state index in [-0.39, 0.29) is 6.61 Å². The lowest BCUT2D eigenvalue weighted by atomic mass is 9.94. The molecule has 0 aromatic rings. The van der Waals surface area contributed by atoms with E-state index in [1.165, 1.54) is 0 Å². The van der Waals surface area contributed by atoms with Crippen LogP contribution >= 0.6 is 0 Å². The molecule has 1 saturated heterocycles. The molecular formula is C11H21NO5S. The molecule has 0 radical (unpaired) electrons. The fourth-order valence-corrected chi connectivity index (χ4v) is 2.56. The van der Waals surface area contributed by atoms with Crippen LogP contribution in [0.4, 0.5) is 0 Å². The number of rotatable bonds is 7. The second-order valence-electron chi connectivity index (χ2n) is 4.47. The molecule has 1 heterocycles. The van der Waals surface area contributed by atoms with Gasteiger partial charge in [-0.15, -0.1) is 0 Å². The first-order valence-electron chi connectivity index (χ1n) is 6.17. The Labute approximate surface area is 109 Å². The number of amides is 1. The molecule has 18 heavy (non-hydrogen) atoms. The van der Waals surface area contributed by atoms with E-state index in [4.69, 9.17) is 19.8 Å². The minimum atomic E-state index is -2.07. The maximum Gasteiger partial charge on any atom is 0.252 e. The first-order chi connectivity index (χ1) is 8.52. The monoisotopic (exact) mass is 279 g/mol. The number of carbonyl (C=O) groups is 1. The van der Waals surface area contributed by atoms with E-state index in [0.717, 1.165) is 19.3 Å². The molecule has 0 aromatic carbocycles. The Bertz CT molecular complexity index is 304. The first-order valence-corrected chi connectivity index (χ1v) is 7.34. The maximum absolute atomic E-state index is 11.5. The maximum atomic E-state index is 11.5. The zero-order valence-electron chi connectivity index (χ0n) is 10.6. The van der Waals surface area contributed by atoms with Crippen LogP contribution in [0.3, 0.4) is 0 Å². The summed E-state index contributed by atoms with van der Waals surface area (Å²) in [6, 6.07) is 0. The Morgan fingerprint density at radius 1 is 1.61 bits per heavy atom. The van der Waals surface area contributed by atoms with E-state index in [1.54, 1.807) is 0 Å². The Morgan fingerprint density at radius 2 is 2.33 bits per heavy atom. The number of ether oxygens (including phenoxy) is 2. The zero-order valence-corrected chi connectivity index (χ0v) is 11.4. The lowest BCUT2D eigenvalue weighted by Crippen LogP contribution is -2.52. The summed E-state index contributed by atoms with van der Waals surface area (Å²) in [6.07, 6.45) is 3.41. The van der Waals surface area contributed by atoms with Crippen LogP contribution < -0.4 is 5.73 Å². The van der Waals surface area contributed by atoms with Crippen LogP contribution in [0.2, 0.25) is 0 Å². The molecule has 3 unspecified atom stereocenters. The molecule has 6 nitrogen and oxygen atoms in total. The third kappa shape index (κ3) is 4.01. The summed E-state index contributed by atoms with van der Waals surface area (Å²) in [6.45, 7) is 2.30. The zero-order chi connectivity index (χ0) is 13.6. The number of hydrogen-bond acceptors (Lipinski definition) is 4. The van der Waals surface area contributed by atoms with Gasteiger partial charge in [-0.05, 0) is 25.7 Å². The average molecular weight is 279 g/mol. The van der Waals surface area contributed by atoms with Crippen LogP contribution in [0.5, 0.6) is 0 Å². The van der Waals surface area contributed by atoms with E-state index in [0.29, 0.717) is 19.4 Å². The molecule has 3 atom stereocenters. The highest BCUT2D eigenvalue weighted by atomic mass is 32.2. The summed E-state index contributed by atoms with van der Waals surface area (Å²) in [5, 5.41) is 0. The van der Waals surface area contributed by atoms with Gasteiger partial charge in [-0.25, -0.2) is 4.21 Å². The third-order valence-corrected chi connectivity index (χ3v) is 3.88. The molecule has 0 aliphatic carbocycles. The van der Waals surface area contributed by atoms with Crippen LogP contribution in [0.1, 0.15) is 39.0 Å². The molecule has 1 fully saturated rings. The average Bonchev–Trinajstić information content (AvgIpc) is 2.35. The standard InChI is InChI=1S/C11H21NO5S/c1-2-5-9(18(14)15)16-8-11(10(12)13)6-3-4-7-17-11/h9H,2-8H2,1H3,(H2,12,13)(H,14,15). The molecule has 1 aliphatic heterocycles. The Morgan fingerprint density at radius 3 is 2.78 bits per heavy atom. The van der Waals surface area contributed by atoms with E-state index in [9.17, 15) is 9.00 Å². The minimum Gasteiger partial charge on any atom is -0.367 e. The molecule has 106 valence electrons. The van der Waals surface area contributed by atoms with Crippen LogP contribution in [-0.4, -0.2) is 38.9 Å². The summed E-state index contributed by atoms with van der Waals surface area (Å²) in [5.74, 6) is -0.568. The van der Waals surface area contributed by atoms with Crippen molar-refractivity contribution >= 4 is 17.0 Å². The van der Waals surface area contributed by atoms with Crippen LogP contribution in [0.25, 0.3) is 0 Å². The van der Waals surface area contributed by atoms with E-state index >= 15 is 0 Å². The van der Waals surface area contributed by atoms with Gasteiger partial charge in [0, 0.05) is 6.61 Å². The van der Waals surface area contributed by atoms with Gasteiger partial charge in [0.05, 0.1) is 6.61 Å². The molecule has 0 aromatic heterocycles. The number of nitrogens with two attached hydrogens (primary N) is 1. The lowest BCUT2D eigenvalue weighted by Gasteiger charge is -2.34. The van der Waals surface area contributed by atoms with Crippen LogP contribution in [0, 0.1) is 0 Å². The summed E-state index contributed by atoms with van der Waals surface area (Å²) in [4.78, 5) is 11.5. The van der Waals surface area contributed by atoms with Crippen molar-refractivity contribution in [2.75, 3.05) is 13.2 Å². The fourth-order valence-electron chi connectivity index (χ4n) is 1.94. The van der Waals surface area contributed by atoms with Crippen LogP contribution in [0.15, 0.2) is 0 Å². The van der Waals surface area contributed by atoms with Gasteiger partial charge in [-0.1, -0.05) is 13.3 Å². The Hall–Kier alpha value is -0.500. The van der Waals surface area contributed by atoms with Crippen LogP contribution in [-0.2, 0) is 25.3 Å². The van der Waals surface area contributed by atoms with Crippen molar-refractivity contribution in [2.45, 2.75) is 50.1 Å². The predicted octanol–water partition coefficient (Wildman–Crippen LogP) is 0.775. The van der Waals surface area contributed by atoms with Crippen molar-refractivity contribution in [1.82, 2.24) is 0 Å². The first kappa shape index (κ1) is 15.6. The van der Waals surface area contributed by atoms with E-state index < -0.39 is 28.0 Å². The molecule has 7 heteroatoms. The normalized spacial score (nSPS) is 27.7. The summed E-state index contributed by atoms with van der Waals surface area (Å²) in [7, 11) is 0. The number of hydrogen-bond donors (Lipinski definition) is 2. The predicted molar refractivity (Wildman–Crippen MR) is 67.1 cm³/mol. The van der Waals surface area contributed by atoms with Crippen molar-refractivity contribution in [2.24, 2.45) is 5.73 Å². The third-order valence-electron chi connectivity index (χ3n) is 3.05. The van der Waals surface area contributed by atoms with Gasteiger partial charge in [-0.2, -0.15) is 0 Å². The number of carbonyl (C=O) groups excluding carboxylic acids is 1. The molecule has 1 rings (SSSR count). The van der Waals surface area contributed by atoms with E-state index in [1.807, 2.05) is 6.92 Å². The van der Waals surface area contributed by atoms with Crippen molar-refractivity contribution in [3.05, 3.63) is 0 Å². The van der Waals surface area contributed by atoms with Gasteiger partial charge in [0.2, 0.25) is 0 Å². The Kier molecular flexibility index (Phi) is 6.20. The van der Waals surface area contributed by atoms with Gasteiger partial charge < -0.3 is 19.8 Å². The van der Waals surface area contributed by atoms with Crippen molar-refractivity contribution in [3.8, 4) is 0 Å². The molecule has 0 spiro atoms. The van der Waals surface area contributed by atoms with Gasteiger partial charge in [0.1, 0.15) is 0 Å². The molecule has 0 saturated carbocycles. The highest BCUT2D eigenvalue weighted by molar-refractivity contribution is 7.79. The molecular weight excluding hydrogens is 258 g/mol. The minimum absolute atomic E-state index is 0.0562. The largest absolute Gasteiger partial charge is 0.367 e. The second kappa shape index (κ2) is 7.18. The summed E-state index contributed by atoms with van der Waals surface area (Å²) in [5.41, 5.74) is 3.43. The lowest BCUT2D eigenvalue weighted by molar-refractivity contribution is -0.163. The summed E-state index contributed by atoms with van der Waals surface area (Å²) < 4.78 is 31.0. The van der Waals surface area contributed by atoms with Gasteiger partial charge in [-0.3, -0.25) is 4.79 Å². The number of primary amides is 1. The summed E-state index contributed by atoms with van der Waals surface area (Å²) >= 11 is -2.07. The quantitative estimate of drug-likeness (QED) is 0.671. The van der Waals surface area contributed by atoms with Crippen molar-refractivity contribution < 1.29 is 23.0 Å². The molecule has 1 amide bonds. The highest BCUT2D eigenvalue weighted by Gasteiger charge is 2.40. The Balaban J connectivity index is 2.61. The van der Waals surface area contributed by atoms with Gasteiger partial charge in [0.15, 0.2) is 22.1 Å². The highest BCUT2D eigenvalue weighted by Crippen LogP contribution is 2.26. The molecule has 1 aliphatic rings. The molecule has 3 N–H and O–H groups in total. The fraction of sp³-hybridized carbons (Fsp3) is 0.909. The SMILES string of the molecule is CCCC(OCC1(C(N)=O)CCCCO1)S(=O)O.